The molecule has 0 aromatic rings. The Morgan fingerprint density at radius 3 is 1.70 bits per heavy atom. The van der Waals surface area contributed by atoms with Crippen molar-refractivity contribution < 1.29 is 54.3 Å². The molecule has 0 radical (unpaired) electrons. The van der Waals surface area contributed by atoms with E-state index in [1.54, 1.807) is 0 Å². The number of carbonyl (C=O) groups excluding carboxylic acids is 3. The van der Waals surface area contributed by atoms with E-state index in [9.17, 15) is 39.0 Å². The molecule has 5 unspecified atom stereocenters. The van der Waals surface area contributed by atoms with Gasteiger partial charge in [0.05, 0.1) is 31.6 Å². The molecule has 0 aromatic carbocycles. The van der Waals surface area contributed by atoms with Gasteiger partial charge in [0.25, 0.3) is 0 Å². The molecule has 0 saturated heterocycles. The molecule has 0 bridgehead atoms. The molecule has 0 aliphatic heterocycles. The van der Waals surface area contributed by atoms with Crippen LogP contribution in [0.4, 0.5) is 0 Å². The summed E-state index contributed by atoms with van der Waals surface area (Å²) in [7, 11) is 0. The molecule has 3 amide bonds. The molecular weight excluding hydrogens is 412 g/mol. The Hall–Kier alpha value is -3.30. The Balaban J connectivity index is 5.21. The quantitative estimate of drug-likeness (QED) is 0.132. The number of carboxylic acids is 3. The average Bonchev–Trinajstić information content (AvgIpc) is 2.61. The number of carbonyl (C=O) groups is 6. The van der Waals surface area contributed by atoms with Crippen molar-refractivity contribution in [3.05, 3.63) is 0 Å². The maximum absolute atomic E-state index is 12.2. The smallest absolute Gasteiger partial charge is 0.326 e. The first kappa shape index (κ1) is 26.7. The van der Waals surface area contributed by atoms with Gasteiger partial charge in [-0.25, -0.2) is 4.79 Å². The molecule has 15 nitrogen and oxygen atoms in total. The Labute approximate surface area is 169 Å². The summed E-state index contributed by atoms with van der Waals surface area (Å²) in [4.78, 5) is 68.5. The zero-order chi connectivity index (χ0) is 23.6. The highest BCUT2D eigenvalue weighted by Crippen LogP contribution is 2.00. The van der Waals surface area contributed by atoms with Crippen LogP contribution in [0, 0.1) is 0 Å². The van der Waals surface area contributed by atoms with E-state index in [-0.39, 0.29) is 0 Å². The molecule has 0 aliphatic carbocycles. The van der Waals surface area contributed by atoms with E-state index in [0.29, 0.717) is 0 Å². The van der Waals surface area contributed by atoms with Crippen molar-refractivity contribution in [3.63, 3.8) is 0 Å². The van der Waals surface area contributed by atoms with Crippen LogP contribution in [-0.2, 0) is 28.8 Å². The molecular formula is C15H24N4O11. The number of aliphatic carboxylic acids is 3. The van der Waals surface area contributed by atoms with Gasteiger partial charge >= 0.3 is 17.9 Å². The lowest BCUT2D eigenvalue weighted by Gasteiger charge is -2.25. The number of amides is 3. The Morgan fingerprint density at radius 2 is 1.30 bits per heavy atom. The number of nitrogens with two attached hydrogens (primary N) is 1. The third-order valence-electron chi connectivity index (χ3n) is 3.60. The molecule has 15 heteroatoms. The van der Waals surface area contributed by atoms with Crippen LogP contribution in [0.5, 0.6) is 0 Å². The average molecular weight is 436 g/mol. The zero-order valence-corrected chi connectivity index (χ0v) is 15.8. The number of rotatable bonds is 13. The molecule has 0 spiro atoms. The van der Waals surface area contributed by atoms with Crippen molar-refractivity contribution in [2.24, 2.45) is 5.73 Å². The van der Waals surface area contributed by atoms with E-state index in [2.05, 4.69) is 0 Å². The lowest BCUT2D eigenvalue weighted by molar-refractivity contribution is -0.148. The third-order valence-corrected chi connectivity index (χ3v) is 3.60. The van der Waals surface area contributed by atoms with Gasteiger partial charge < -0.3 is 47.2 Å². The fourth-order valence-corrected chi connectivity index (χ4v) is 2.05. The topological polar surface area (TPSA) is 266 Å². The van der Waals surface area contributed by atoms with Crippen LogP contribution in [-0.4, -0.2) is 98.0 Å². The highest BCUT2D eigenvalue weighted by atomic mass is 16.4. The van der Waals surface area contributed by atoms with Crippen LogP contribution < -0.4 is 21.7 Å². The fraction of sp³-hybridized carbons (Fsp3) is 0.600. The molecule has 0 rings (SSSR count). The van der Waals surface area contributed by atoms with Gasteiger partial charge in [-0.2, -0.15) is 0 Å². The summed E-state index contributed by atoms with van der Waals surface area (Å²) < 4.78 is 0. The van der Waals surface area contributed by atoms with Crippen LogP contribution in [0.2, 0.25) is 0 Å². The normalized spacial score (nSPS) is 15.6. The maximum atomic E-state index is 12.2. The van der Waals surface area contributed by atoms with E-state index in [0.717, 1.165) is 6.92 Å². The van der Waals surface area contributed by atoms with Gasteiger partial charge in [0, 0.05) is 0 Å². The summed E-state index contributed by atoms with van der Waals surface area (Å²) in [6.07, 6.45) is -3.32. The predicted molar refractivity (Wildman–Crippen MR) is 94.7 cm³/mol. The molecule has 5 atom stereocenters. The number of aliphatic hydroxyl groups is 2. The Kier molecular flexibility index (Phi) is 10.9. The molecule has 10 N–H and O–H groups in total. The second kappa shape index (κ2) is 12.3. The lowest BCUT2D eigenvalue weighted by atomic mass is 10.1. The van der Waals surface area contributed by atoms with Gasteiger partial charge in [0.15, 0.2) is 0 Å². The van der Waals surface area contributed by atoms with E-state index < -0.39 is 85.3 Å². The lowest BCUT2D eigenvalue weighted by Crippen LogP contribution is -2.60. The number of nitrogens with one attached hydrogen (secondary N) is 3. The SMILES string of the molecule is CC(O)C(NC(=O)C(CO)NC(=O)C(N)CC(=O)O)C(=O)NC(CC(=O)O)C(=O)O. The largest absolute Gasteiger partial charge is 0.481 e. The van der Waals surface area contributed by atoms with Gasteiger partial charge in [-0.05, 0) is 6.92 Å². The van der Waals surface area contributed by atoms with E-state index >= 15 is 0 Å². The van der Waals surface area contributed by atoms with Gasteiger partial charge in [0.2, 0.25) is 17.7 Å². The molecule has 0 saturated carbocycles. The second-order valence-electron chi connectivity index (χ2n) is 6.17. The van der Waals surface area contributed by atoms with Gasteiger partial charge in [-0.15, -0.1) is 0 Å². The summed E-state index contributed by atoms with van der Waals surface area (Å²) in [5.41, 5.74) is 5.33. The number of aliphatic hydroxyl groups excluding tert-OH is 2. The van der Waals surface area contributed by atoms with Crippen LogP contribution in [0.15, 0.2) is 0 Å². The summed E-state index contributed by atoms with van der Waals surface area (Å²) in [6, 6.07) is -6.84. The summed E-state index contributed by atoms with van der Waals surface area (Å²) in [6.45, 7) is 0.0785. The summed E-state index contributed by atoms with van der Waals surface area (Å²) in [5.74, 6) is -8.09. The van der Waals surface area contributed by atoms with Crippen molar-refractivity contribution in [2.45, 2.75) is 50.0 Å². The number of hydrogen-bond donors (Lipinski definition) is 9. The highest BCUT2D eigenvalue weighted by Gasteiger charge is 2.33. The van der Waals surface area contributed by atoms with E-state index in [4.69, 9.17) is 21.1 Å². The minimum absolute atomic E-state index is 0.759. The van der Waals surface area contributed by atoms with Crippen molar-refractivity contribution in [3.8, 4) is 0 Å². The molecule has 0 aliphatic rings. The van der Waals surface area contributed by atoms with Crippen LogP contribution in [0.1, 0.15) is 19.8 Å². The molecule has 0 fully saturated rings. The van der Waals surface area contributed by atoms with Crippen LogP contribution in [0.25, 0.3) is 0 Å². The highest BCUT2D eigenvalue weighted by molar-refractivity contribution is 5.95. The molecule has 170 valence electrons. The molecule has 0 aromatic heterocycles. The van der Waals surface area contributed by atoms with Crippen molar-refractivity contribution >= 4 is 35.6 Å². The van der Waals surface area contributed by atoms with Gasteiger partial charge in [0.1, 0.15) is 18.1 Å². The van der Waals surface area contributed by atoms with Crippen LogP contribution >= 0.6 is 0 Å². The van der Waals surface area contributed by atoms with Crippen molar-refractivity contribution in [1.82, 2.24) is 16.0 Å². The standard InChI is InChI=1S/C15H24N4O11/c1-5(21)11(14(28)17-7(15(29)30)3-10(24)25)19-13(27)8(4-20)18-12(26)6(16)2-9(22)23/h5-8,11,20-21H,2-4,16H2,1H3,(H,17,28)(H,18,26)(H,19,27)(H,22,23)(H,24,25)(H,29,30). The first-order valence-electron chi connectivity index (χ1n) is 8.42. The molecule has 30 heavy (non-hydrogen) atoms. The summed E-state index contributed by atoms with van der Waals surface area (Å²) >= 11 is 0. The predicted octanol–water partition coefficient (Wildman–Crippen LogP) is -4.82. The second-order valence-corrected chi connectivity index (χ2v) is 6.17. The van der Waals surface area contributed by atoms with Gasteiger partial charge in [-0.3, -0.25) is 24.0 Å². The first-order valence-corrected chi connectivity index (χ1v) is 8.42. The minimum atomic E-state index is -1.85. The van der Waals surface area contributed by atoms with E-state index in [1.807, 2.05) is 16.0 Å². The number of hydrogen-bond acceptors (Lipinski definition) is 9. The summed E-state index contributed by atoms with van der Waals surface area (Å²) in [5, 5.41) is 51.0. The van der Waals surface area contributed by atoms with Crippen LogP contribution in [0.3, 0.4) is 0 Å². The zero-order valence-electron chi connectivity index (χ0n) is 15.8. The molecule has 0 heterocycles. The van der Waals surface area contributed by atoms with Gasteiger partial charge in [-0.1, -0.05) is 0 Å². The maximum Gasteiger partial charge on any atom is 0.326 e. The van der Waals surface area contributed by atoms with E-state index in [1.165, 1.54) is 0 Å². The van der Waals surface area contributed by atoms with Crippen molar-refractivity contribution in [2.75, 3.05) is 6.61 Å². The Morgan fingerprint density at radius 1 is 0.800 bits per heavy atom. The first-order chi connectivity index (χ1) is 13.8. The number of carboxylic acid groups (broad SMARTS) is 3. The Bertz CT molecular complexity index is 681. The monoisotopic (exact) mass is 436 g/mol. The fourth-order valence-electron chi connectivity index (χ4n) is 2.05. The third kappa shape index (κ3) is 9.26. The minimum Gasteiger partial charge on any atom is -0.481 e. The van der Waals surface area contributed by atoms with Crippen molar-refractivity contribution in [1.29, 1.82) is 0 Å².